The Morgan fingerprint density at radius 2 is 1.64 bits per heavy atom. The third-order valence-corrected chi connectivity index (χ3v) is 4.30. The standard InChI is InChI=1S/C12H22O2/c13-9-10-5-1-2-6-11(10)12(14)7-3-4-8-12/h10-11,13-14H,1-9H2. The molecule has 2 aliphatic carbocycles. The van der Waals surface area contributed by atoms with Gasteiger partial charge in [-0.05, 0) is 37.5 Å². The van der Waals surface area contributed by atoms with E-state index in [1.807, 2.05) is 0 Å². The lowest BCUT2D eigenvalue weighted by atomic mass is 9.69. The zero-order chi connectivity index (χ0) is 10.0. The molecule has 0 aromatic heterocycles. The van der Waals surface area contributed by atoms with Gasteiger partial charge in [0.25, 0.3) is 0 Å². The van der Waals surface area contributed by atoms with Crippen LogP contribution in [0.2, 0.25) is 0 Å². The smallest absolute Gasteiger partial charge is 0.0679 e. The number of aliphatic hydroxyl groups is 2. The van der Waals surface area contributed by atoms with Crippen molar-refractivity contribution in [1.82, 2.24) is 0 Å². The van der Waals surface area contributed by atoms with Crippen LogP contribution in [-0.2, 0) is 0 Å². The molecule has 0 radical (unpaired) electrons. The minimum absolute atomic E-state index is 0.271. The van der Waals surface area contributed by atoms with E-state index in [1.165, 1.54) is 25.7 Å². The monoisotopic (exact) mass is 198 g/mol. The lowest BCUT2D eigenvalue weighted by Crippen LogP contribution is -2.42. The van der Waals surface area contributed by atoms with Gasteiger partial charge in [0.2, 0.25) is 0 Å². The molecule has 2 unspecified atom stereocenters. The van der Waals surface area contributed by atoms with Gasteiger partial charge in [0.15, 0.2) is 0 Å². The molecule has 2 saturated carbocycles. The van der Waals surface area contributed by atoms with Crippen LogP contribution in [0.5, 0.6) is 0 Å². The van der Waals surface area contributed by atoms with Crippen LogP contribution >= 0.6 is 0 Å². The molecule has 0 heterocycles. The van der Waals surface area contributed by atoms with Gasteiger partial charge in [-0.3, -0.25) is 0 Å². The average Bonchev–Trinajstić information content (AvgIpc) is 2.66. The molecule has 14 heavy (non-hydrogen) atoms. The first kappa shape index (κ1) is 10.4. The van der Waals surface area contributed by atoms with Crippen molar-refractivity contribution in [3.63, 3.8) is 0 Å². The highest BCUT2D eigenvalue weighted by molar-refractivity contribution is 4.95. The molecule has 2 rings (SSSR count). The lowest BCUT2D eigenvalue weighted by molar-refractivity contribution is -0.0626. The lowest BCUT2D eigenvalue weighted by Gasteiger charge is -2.40. The van der Waals surface area contributed by atoms with Gasteiger partial charge in [0.1, 0.15) is 0 Å². The Labute approximate surface area is 86.3 Å². The number of rotatable bonds is 2. The summed E-state index contributed by atoms with van der Waals surface area (Å²) in [5, 5.41) is 19.8. The Kier molecular flexibility index (Phi) is 3.13. The normalized spacial score (nSPS) is 37.3. The van der Waals surface area contributed by atoms with Crippen LogP contribution in [-0.4, -0.2) is 22.4 Å². The van der Waals surface area contributed by atoms with E-state index in [4.69, 9.17) is 0 Å². The summed E-state index contributed by atoms with van der Waals surface area (Å²) in [6.07, 6.45) is 8.99. The molecule has 0 bridgehead atoms. The Morgan fingerprint density at radius 3 is 2.29 bits per heavy atom. The average molecular weight is 198 g/mol. The fraction of sp³-hybridized carbons (Fsp3) is 1.00. The molecule has 0 spiro atoms. The van der Waals surface area contributed by atoms with Gasteiger partial charge in [0, 0.05) is 6.61 Å². The van der Waals surface area contributed by atoms with E-state index in [1.54, 1.807) is 0 Å². The van der Waals surface area contributed by atoms with Gasteiger partial charge in [0.05, 0.1) is 5.60 Å². The second-order valence-electron chi connectivity index (χ2n) is 5.14. The van der Waals surface area contributed by atoms with Gasteiger partial charge < -0.3 is 10.2 Å². The van der Waals surface area contributed by atoms with Gasteiger partial charge in [-0.1, -0.05) is 25.7 Å². The van der Waals surface area contributed by atoms with E-state index in [0.29, 0.717) is 11.8 Å². The highest BCUT2D eigenvalue weighted by Gasteiger charge is 2.43. The van der Waals surface area contributed by atoms with Crippen molar-refractivity contribution in [1.29, 1.82) is 0 Å². The summed E-state index contributed by atoms with van der Waals surface area (Å²) in [5.41, 5.74) is -0.423. The van der Waals surface area contributed by atoms with Crippen molar-refractivity contribution in [3.05, 3.63) is 0 Å². The van der Waals surface area contributed by atoms with E-state index >= 15 is 0 Å². The number of aliphatic hydroxyl groups excluding tert-OH is 1. The maximum absolute atomic E-state index is 10.5. The van der Waals surface area contributed by atoms with Crippen molar-refractivity contribution in [2.45, 2.75) is 57.0 Å². The number of hydrogen-bond acceptors (Lipinski definition) is 2. The molecule has 0 amide bonds. The first-order valence-electron chi connectivity index (χ1n) is 6.09. The molecule has 82 valence electrons. The molecule has 0 aliphatic heterocycles. The second-order valence-corrected chi connectivity index (χ2v) is 5.14. The largest absolute Gasteiger partial charge is 0.396 e. The maximum atomic E-state index is 10.5. The molecule has 2 aliphatic rings. The Bertz CT molecular complexity index is 185. The predicted molar refractivity (Wildman–Crippen MR) is 56.0 cm³/mol. The molecule has 0 aromatic rings. The molecule has 2 fully saturated rings. The van der Waals surface area contributed by atoms with Crippen LogP contribution in [0.25, 0.3) is 0 Å². The van der Waals surface area contributed by atoms with Crippen LogP contribution in [0.15, 0.2) is 0 Å². The molecule has 2 heteroatoms. The second kappa shape index (κ2) is 4.19. The fourth-order valence-electron chi connectivity index (χ4n) is 3.49. The van der Waals surface area contributed by atoms with E-state index in [0.717, 1.165) is 25.7 Å². The van der Waals surface area contributed by atoms with Crippen molar-refractivity contribution in [3.8, 4) is 0 Å². The molecule has 0 saturated heterocycles. The predicted octanol–water partition coefficient (Wildman–Crippen LogP) is 2.09. The summed E-state index contributed by atoms with van der Waals surface area (Å²) in [5.74, 6) is 0.746. The van der Waals surface area contributed by atoms with Crippen LogP contribution < -0.4 is 0 Å². The third-order valence-electron chi connectivity index (χ3n) is 4.30. The highest BCUT2D eigenvalue weighted by atomic mass is 16.3. The third kappa shape index (κ3) is 1.82. The fourth-order valence-corrected chi connectivity index (χ4v) is 3.49. The van der Waals surface area contributed by atoms with Crippen molar-refractivity contribution in [2.75, 3.05) is 6.61 Å². The van der Waals surface area contributed by atoms with Crippen LogP contribution in [0.4, 0.5) is 0 Å². The maximum Gasteiger partial charge on any atom is 0.0679 e. The quantitative estimate of drug-likeness (QED) is 0.713. The first-order chi connectivity index (χ1) is 6.76. The summed E-state index contributed by atoms with van der Waals surface area (Å²) < 4.78 is 0. The Morgan fingerprint density at radius 1 is 1.00 bits per heavy atom. The van der Waals surface area contributed by atoms with Crippen molar-refractivity contribution in [2.24, 2.45) is 11.8 Å². The minimum Gasteiger partial charge on any atom is -0.396 e. The van der Waals surface area contributed by atoms with Gasteiger partial charge in [-0.15, -0.1) is 0 Å². The van der Waals surface area contributed by atoms with E-state index in [-0.39, 0.29) is 6.61 Å². The van der Waals surface area contributed by atoms with E-state index < -0.39 is 5.60 Å². The summed E-state index contributed by atoms with van der Waals surface area (Å²) in [7, 11) is 0. The number of hydrogen-bond donors (Lipinski definition) is 2. The summed E-state index contributed by atoms with van der Waals surface area (Å²) in [6.45, 7) is 0.271. The summed E-state index contributed by atoms with van der Waals surface area (Å²) in [6, 6.07) is 0. The van der Waals surface area contributed by atoms with Crippen LogP contribution in [0.1, 0.15) is 51.4 Å². The minimum atomic E-state index is -0.423. The molecule has 2 N–H and O–H groups in total. The van der Waals surface area contributed by atoms with Gasteiger partial charge in [-0.2, -0.15) is 0 Å². The van der Waals surface area contributed by atoms with Crippen LogP contribution in [0.3, 0.4) is 0 Å². The topological polar surface area (TPSA) is 40.5 Å². The molecular weight excluding hydrogens is 176 g/mol. The zero-order valence-corrected chi connectivity index (χ0v) is 8.91. The van der Waals surface area contributed by atoms with Gasteiger partial charge in [-0.25, -0.2) is 0 Å². The van der Waals surface area contributed by atoms with Gasteiger partial charge >= 0.3 is 0 Å². The van der Waals surface area contributed by atoms with Crippen molar-refractivity contribution < 1.29 is 10.2 Å². The highest BCUT2D eigenvalue weighted by Crippen LogP contribution is 2.45. The molecular formula is C12H22O2. The van der Waals surface area contributed by atoms with Crippen molar-refractivity contribution >= 4 is 0 Å². The van der Waals surface area contributed by atoms with E-state index in [2.05, 4.69) is 0 Å². The molecule has 2 nitrogen and oxygen atoms in total. The van der Waals surface area contributed by atoms with Crippen LogP contribution in [0, 0.1) is 11.8 Å². The SMILES string of the molecule is OCC1CCCCC1C1(O)CCCC1. The molecule has 0 aromatic carbocycles. The summed E-state index contributed by atoms with van der Waals surface area (Å²) in [4.78, 5) is 0. The van der Waals surface area contributed by atoms with E-state index in [9.17, 15) is 10.2 Å². The summed E-state index contributed by atoms with van der Waals surface area (Å²) >= 11 is 0. The Balaban J connectivity index is 2.05. The zero-order valence-electron chi connectivity index (χ0n) is 8.91. The Hall–Kier alpha value is -0.0800. The first-order valence-corrected chi connectivity index (χ1v) is 6.09. The molecule has 2 atom stereocenters.